The molecule has 9 heavy (non-hydrogen) atoms. The third-order valence-corrected chi connectivity index (χ3v) is 0.622. The molecule has 0 atom stereocenters. The molecule has 2 nitrogen and oxygen atoms in total. The van der Waals surface area contributed by atoms with Crippen LogP contribution in [0.2, 0.25) is 0 Å². The van der Waals surface area contributed by atoms with Gasteiger partial charge in [-0.2, -0.15) is 0 Å². The average molecular weight is 135 g/mol. The molecule has 60 valence electrons. The Labute approximate surface area is 59.4 Å². The van der Waals surface area contributed by atoms with Gasteiger partial charge in [-0.25, -0.2) is 0 Å². The van der Waals surface area contributed by atoms with Gasteiger partial charge in [-0.05, 0) is 0 Å². The number of ketones is 1. The summed E-state index contributed by atoms with van der Waals surface area (Å²) in [7, 11) is 0. The molecule has 0 unspecified atom stereocenters. The van der Waals surface area contributed by atoms with Crippen molar-refractivity contribution < 1.29 is 4.79 Å². The Morgan fingerprint density at radius 2 is 1.67 bits per heavy atom. The smallest absolute Gasteiger partial charge is 0.146 e. The summed E-state index contributed by atoms with van der Waals surface area (Å²) in [6.45, 7) is 1.99. The summed E-state index contributed by atoms with van der Waals surface area (Å²) in [6.07, 6.45) is 0.566. The molecule has 0 fully saturated rings. The van der Waals surface area contributed by atoms with E-state index in [4.69, 9.17) is 5.73 Å². The number of hydrogen-bond donors (Lipinski definition) is 1. The lowest BCUT2D eigenvalue weighted by Gasteiger charge is -1.82. The van der Waals surface area contributed by atoms with Gasteiger partial charge in [0.1, 0.15) is 5.78 Å². The summed E-state index contributed by atoms with van der Waals surface area (Å²) in [5.74, 6) is 0.120. The highest BCUT2D eigenvalue weighted by Gasteiger charge is 1.87. The highest BCUT2D eigenvalue weighted by atomic mass is 16.1. The van der Waals surface area contributed by atoms with E-state index in [-0.39, 0.29) is 34.6 Å². The van der Waals surface area contributed by atoms with Gasteiger partial charge in [0.25, 0.3) is 0 Å². The first-order chi connectivity index (χ1) is 2.81. The zero-order valence-corrected chi connectivity index (χ0v) is 3.90. The number of carbonyl (C=O) groups is 1. The molecule has 0 saturated carbocycles. The fraction of sp³-hybridized carbons (Fsp3) is 0.857. The molecule has 0 spiro atoms. The van der Waals surface area contributed by atoms with Crippen molar-refractivity contribution in [1.29, 1.82) is 0 Å². The molecule has 0 heterocycles. The molecular weight excluding hydrogens is 114 g/mol. The zero-order valence-electron chi connectivity index (χ0n) is 3.90. The van der Waals surface area contributed by atoms with Crippen LogP contribution in [0, 0.1) is 0 Å². The summed E-state index contributed by atoms with van der Waals surface area (Å²) in [4.78, 5) is 10.1. The van der Waals surface area contributed by atoms with Crippen LogP contribution in [-0.2, 0) is 4.79 Å². The van der Waals surface area contributed by atoms with E-state index >= 15 is 0 Å². The number of Topliss-reactive ketones (excluding diaryl/α,β-unsaturated/α-hetero) is 1. The van der Waals surface area contributed by atoms with Crippen molar-refractivity contribution in [3.8, 4) is 0 Å². The third kappa shape index (κ3) is 18.4. The molecule has 2 N–H and O–H groups in total. The van der Waals surface area contributed by atoms with Gasteiger partial charge in [-0.1, -0.05) is 29.2 Å². The first-order valence-electron chi connectivity index (χ1n) is 2.03. The summed E-state index contributed by atoms with van der Waals surface area (Å²) in [5, 5.41) is 0. The lowest BCUT2D eigenvalue weighted by molar-refractivity contribution is -0.117. The fourth-order valence-corrected chi connectivity index (χ4v) is 0.144. The van der Waals surface area contributed by atoms with Crippen LogP contribution in [0.4, 0.5) is 0 Å². The molecular formula is C7H21NO. The second-order valence-electron chi connectivity index (χ2n) is 1.10. The highest BCUT2D eigenvalue weighted by molar-refractivity contribution is 5.79. The Bertz CT molecular complexity index is 46.9. The molecule has 0 aromatic rings. The van der Waals surface area contributed by atoms with Crippen molar-refractivity contribution in [3.63, 3.8) is 0 Å². The predicted octanol–water partition coefficient (Wildman–Crippen LogP) is 1.83. The van der Waals surface area contributed by atoms with Crippen LogP contribution in [0.25, 0.3) is 0 Å². The van der Waals surface area contributed by atoms with Crippen LogP contribution >= 0.6 is 0 Å². The molecule has 0 aromatic carbocycles. The first-order valence-corrected chi connectivity index (χ1v) is 2.03. The summed E-state index contributed by atoms with van der Waals surface area (Å²) >= 11 is 0. The maximum absolute atomic E-state index is 10.1. The largest absolute Gasteiger partial charge is 0.324 e. The Morgan fingerprint density at radius 3 is 1.67 bits per heavy atom. The second-order valence-corrected chi connectivity index (χ2v) is 1.10. The monoisotopic (exact) mass is 135 g/mol. The summed E-state index contributed by atoms with van der Waals surface area (Å²) < 4.78 is 0. The minimum absolute atomic E-state index is 0. The number of hydrogen-bond acceptors (Lipinski definition) is 2. The predicted molar refractivity (Wildman–Crippen MR) is 44.5 cm³/mol. The second kappa shape index (κ2) is 15.6. The van der Waals surface area contributed by atoms with E-state index in [2.05, 4.69) is 0 Å². The molecule has 0 aliphatic rings. The van der Waals surface area contributed by atoms with Crippen LogP contribution in [0.15, 0.2) is 0 Å². The number of rotatable bonds is 2. The van der Waals surface area contributed by atoms with Crippen molar-refractivity contribution in [3.05, 3.63) is 0 Å². The minimum atomic E-state index is 0. The van der Waals surface area contributed by atoms with E-state index in [1.165, 1.54) is 0 Å². The van der Waals surface area contributed by atoms with Gasteiger partial charge in [0, 0.05) is 6.42 Å². The van der Waals surface area contributed by atoms with E-state index in [1.54, 1.807) is 6.92 Å². The maximum atomic E-state index is 10.1. The fourth-order valence-electron chi connectivity index (χ4n) is 0.144. The van der Waals surface area contributed by atoms with Crippen molar-refractivity contribution in [2.24, 2.45) is 5.73 Å². The van der Waals surface area contributed by atoms with Crippen molar-refractivity contribution in [2.75, 3.05) is 6.54 Å². The highest BCUT2D eigenvalue weighted by Crippen LogP contribution is 1.71. The van der Waals surface area contributed by atoms with Gasteiger partial charge in [0.2, 0.25) is 0 Å². The van der Waals surface area contributed by atoms with Gasteiger partial charge in [-0.3, -0.25) is 4.79 Å². The lowest BCUT2D eigenvalue weighted by Crippen LogP contribution is -2.11. The van der Waals surface area contributed by atoms with E-state index in [0.717, 1.165) is 0 Å². The van der Waals surface area contributed by atoms with Crippen LogP contribution in [-0.4, -0.2) is 12.3 Å². The number of carbonyl (C=O) groups excluding carboxylic acids is 1. The Hall–Kier alpha value is -0.370. The summed E-state index contributed by atoms with van der Waals surface area (Å²) in [6, 6.07) is 0. The van der Waals surface area contributed by atoms with E-state index in [9.17, 15) is 4.79 Å². The Morgan fingerprint density at radius 1 is 1.33 bits per heavy atom. The van der Waals surface area contributed by atoms with Crippen molar-refractivity contribution in [2.45, 2.75) is 35.6 Å². The molecule has 2 heteroatoms. The number of nitrogens with two attached hydrogens (primary N) is 1. The Kier molecular flexibility index (Phi) is 40.7. The van der Waals surface area contributed by atoms with E-state index in [1.807, 2.05) is 0 Å². The van der Waals surface area contributed by atoms with E-state index in [0.29, 0.717) is 6.42 Å². The standard InChI is InChI=1S/C4H9NO.3CH4/c1-2-4(6)3-5;;;/h2-3,5H2,1H3;3*1H4. The molecule has 0 rings (SSSR count). The third-order valence-electron chi connectivity index (χ3n) is 0.622. The SMILES string of the molecule is C.C.C.CCC(=O)CN. The minimum Gasteiger partial charge on any atom is -0.324 e. The van der Waals surface area contributed by atoms with Gasteiger partial charge >= 0.3 is 0 Å². The van der Waals surface area contributed by atoms with Crippen LogP contribution in [0.3, 0.4) is 0 Å². The Balaban J connectivity index is -0.0000000417. The first kappa shape index (κ1) is 23.4. The molecule has 0 radical (unpaired) electrons. The molecule has 0 saturated heterocycles. The quantitative estimate of drug-likeness (QED) is 0.627. The van der Waals surface area contributed by atoms with E-state index < -0.39 is 0 Å². The van der Waals surface area contributed by atoms with Crippen molar-refractivity contribution >= 4 is 5.78 Å². The van der Waals surface area contributed by atoms with Gasteiger partial charge in [0.05, 0.1) is 6.54 Å². The van der Waals surface area contributed by atoms with Crippen LogP contribution in [0.1, 0.15) is 35.6 Å². The molecule has 0 bridgehead atoms. The topological polar surface area (TPSA) is 43.1 Å². The van der Waals surface area contributed by atoms with Crippen LogP contribution in [0.5, 0.6) is 0 Å². The molecule has 0 aliphatic carbocycles. The van der Waals surface area contributed by atoms with Gasteiger partial charge in [0.15, 0.2) is 0 Å². The zero-order chi connectivity index (χ0) is 4.99. The summed E-state index contributed by atoms with van der Waals surface area (Å²) in [5.41, 5.74) is 4.93. The normalized spacial score (nSPS) is 5.56. The average Bonchev–Trinajstić information content (AvgIpc) is 1.65. The van der Waals surface area contributed by atoms with Crippen molar-refractivity contribution in [1.82, 2.24) is 0 Å². The molecule has 0 amide bonds. The molecule has 0 aromatic heterocycles. The molecule has 0 aliphatic heterocycles. The van der Waals surface area contributed by atoms with Gasteiger partial charge in [-0.15, -0.1) is 0 Å². The van der Waals surface area contributed by atoms with Crippen LogP contribution < -0.4 is 5.73 Å². The maximum Gasteiger partial charge on any atom is 0.146 e. The lowest BCUT2D eigenvalue weighted by atomic mass is 10.3. The van der Waals surface area contributed by atoms with Gasteiger partial charge < -0.3 is 5.73 Å².